The van der Waals surface area contributed by atoms with Gasteiger partial charge in [-0.15, -0.1) is 0 Å². The van der Waals surface area contributed by atoms with Crippen LogP contribution in [-0.2, 0) is 20.8 Å². The molecule has 5 heteroatoms. The Morgan fingerprint density at radius 3 is 2.55 bits per heavy atom. The zero-order valence-electron chi connectivity index (χ0n) is 12.5. The van der Waals surface area contributed by atoms with Crippen LogP contribution < -0.4 is 0 Å². The number of carboxylic acids is 1. The molecule has 1 fully saturated rings. The fourth-order valence-corrected chi connectivity index (χ4v) is 2.78. The summed E-state index contributed by atoms with van der Waals surface area (Å²) in [5.41, 5.74) is 1.27. The highest BCUT2D eigenvalue weighted by atomic mass is 16.4. The van der Waals surface area contributed by atoms with Crippen LogP contribution in [0, 0.1) is 0 Å². The van der Waals surface area contributed by atoms with Gasteiger partial charge in [-0.05, 0) is 31.2 Å². The molecule has 118 valence electrons. The van der Waals surface area contributed by atoms with E-state index in [-0.39, 0.29) is 31.1 Å². The van der Waals surface area contributed by atoms with Crippen molar-refractivity contribution in [2.24, 2.45) is 0 Å². The van der Waals surface area contributed by atoms with Crippen LogP contribution in [0.4, 0.5) is 0 Å². The van der Waals surface area contributed by atoms with Crippen LogP contribution in [0.1, 0.15) is 44.1 Å². The van der Waals surface area contributed by atoms with Crippen molar-refractivity contribution >= 4 is 17.8 Å². The average molecular weight is 303 g/mol. The first-order valence-electron chi connectivity index (χ1n) is 7.71. The van der Waals surface area contributed by atoms with Crippen molar-refractivity contribution < 1.29 is 19.5 Å². The van der Waals surface area contributed by atoms with E-state index in [1.165, 1.54) is 5.56 Å². The number of aliphatic carboxylic acids is 1. The normalized spacial score (nSPS) is 17.7. The molecule has 2 amide bonds. The molecular formula is C17H21NO4. The van der Waals surface area contributed by atoms with E-state index in [9.17, 15) is 14.4 Å². The van der Waals surface area contributed by atoms with E-state index < -0.39 is 12.0 Å². The Morgan fingerprint density at radius 2 is 1.86 bits per heavy atom. The largest absolute Gasteiger partial charge is 0.480 e. The number of aryl methyl sites for hydroxylation is 1. The van der Waals surface area contributed by atoms with Gasteiger partial charge in [0.25, 0.3) is 0 Å². The monoisotopic (exact) mass is 303 g/mol. The molecule has 0 unspecified atom stereocenters. The first-order chi connectivity index (χ1) is 10.6. The van der Waals surface area contributed by atoms with Crippen LogP contribution in [0.3, 0.4) is 0 Å². The van der Waals surface area contributed by atoms with Crippen LogP contribution in [0.5, 0.6) is 0 Å². The van der Waals surface area contributed by atoms with Gasteiger partial charge in [0.05, 0.1) is 0 Å². The van der Waals surface area contributed by atoms with Gasteiger partial charge in [-0.2, -0.15) is 0 Å². The first-order valence-corrected chi connectivity index (χ1v) is 7.71. The lowest BCUT2D eigenvalue weighted by molar-refractivity contribution is -0.154. The van der Waals surface area contributed by atoms with E-state index in [2.05, 4.69) is 12.1 Å². The molecule has 1 atom stereocenters. The van der Waals surface area contributed by atoms with Crippen molar-refractivity contribution in [2.75, 3.05) is 0 Å². The predicted molar refractivity (Wildman–Crippen MR) is 81.1 cm³/mol. The molecule has 5 nitrogen and oxygen atoms in total. The number of nitrogens with zero attached hydrogens (tertiary/aromatic N) is 1. The summed E-state index contributed by atoms with van der Waals surface area (Å²) in [4.78, 5) is 35.7. The van der Waals surface area contributed by atoms with Crippen molar-refractivity contribution in [3.8, 4) is 0 Å². The molecule has 0 bridgehead atoms. The average Bonchev–Trinajstić information content (AvgIpc) is 2.90. The van der Waals surface area contributed by atoms with Gasteiger partial charge in [0.1, 0.15) is 6.04 Å². The number of rotatable bonds is 7. The van der Waals surface area contributed by atoms with Gasteiger partial charge in [-0.1, -0.05) is 36.8 Å². The molecular weight excluding hydrogens is 282 g/mol. The summed E-state index contributed by atoms with van der Waals surface area (Å²) in [6.45, 7) is 0. The van der Waals surface area contributed by atoms with E-state index >= 15 is 0 Å². The van der Waals surface area contributed by atoms with E-state index in [1.54, 1.807) is 0 Å². The quantitative estimate of drug-likeness (QED) is 0.785. The highest BCUT2D eigenvalue weighted by Gasteiger charge is 2.39. The van der Waals surface area contributed by atoms with Gasteiger partial charge in [-0.25, -0.2) is 4.79 Å². The summed E-state index contributed by atoms with van der Waals surface area (Å²) in [5, 5.41) is 9.04. The number of carboxylic acid groups (broad SMARTS) is 1. The molecule has 0 spiro atoms. The number of unbranched alkanes of at least 4 members (excludes halogenated alkanes) is 2. The van der Waals surface area contributed by atoms with Crippen LogP contribution in [0.15, 0.2) is 30.3 Å². The highest BCUT2D eigenvalue weighted by Crippen LogP contribution is 2.21. The van der Waals surface area contributed by atoms with Crippen molar-refractivity contribution in [3.05, 3.63) is 35.9 Å². The van der Waals surface area contributed by atoms with Gasteiger partial charge in [0, 0.05) is 12.8 Å². The Morgan fingerprint density at radius 1 is 1.14 bits per heavy atom. The number of hydrogen-bond acceptors (Lipinski definition) is 3. The van der Waals surface area contributed by atoms with Crippen LogP contribution in [-0.4, -0.2) is 33.8 Å². The summed E-state index contributed by atoms with van der Waals surface area (Å²) in [6, 6.07) is 9.17. The van der Waals surface area contributed by atoms with Crippen LogP contribution >= 0.6 is 0 Å². The summed E-state index contributed by atoms with van der Waals surface area (Å²) >= 11 is 0. The minimum absolute atomic E-state index is 0.150. The second-order valence-electron chi connectivity index (χ2n) is 5.60. The number of hydrogen-bond donors (Lipinski definition) is 1. The number of carbonyl (C=O) groups excluding carboxylic acids is 2. The van der Waals surface area contributed by atoms with Gasteiger partial charge in [-0.3, -0.25) is 14.5 Å². The standard InChI is InChI=1S/C17H21NO4/c19-15(18-14(17(21)22)11-12-16(18)20)10-6-2-5-9-13-7-3-1-4-8-13/h1,3-4,7-8,14H,2,5-6,9-12H2,(H,21,22)/t14-/m0/s1. The zero-order valence-corrected chi connectivity index (χ0v) is 12.5. The number of benzene rings is 1. The number of amides is 2. The molecule has 0 saturated carbocycles. The smallest absolute Gasteiger partial charge is 0.326 e. The summed E-state index contributed by atoms with van der Waals surface area (Å²) in [6.07, 6.45) is 4.14. The van der Waals surface area contributed by atoms with Crippen molar-refractivity contribution in [1.29, 1.82) is 0 Å². The number of carbonyl (C=O) groups is 3. The number of likely N-dealkylation sites (tertiary alicyclic amines) is 1. The van der Waals surface area contributed by atoms with Crippen molar-refractivity contribution in [3.63, 3.8) is 0 Å². The minimum atomic E-state index is -1.09. The summed E-state index contributed by atoms with van der Waals surface area (Å²) in [5.74, 6) is -1.81. The Kier molecular flexibility index (Phi) is 5.69. The van der Waals surface area contributed by atoms with Crippen LogP contribution in [0.2, 0.25) is 0 Å². The molecule has 1 aliphatic rings. The lowest BCUT2D eigenvalue weighted by atomic mass is 10.1. The van der Waals surface area contributed by atoms with Crippen molar-refractivity contribution in [2.45, 2.75) is 51.0 Å². The van der Waals surface area contributed by atoms with Crippen molar-refractivity contribution in [1.82, 2.24) is 4.90 Å². The first kappa shape index (κ1) is 16.2. The molecule has 1 N–H and O–H groups in total. The molecule has 1 aliphatic heterocycles. The van der Waals surface area contributed by atoms with Gasteiger partial charge in [0.2, 0.25) is 11.8 Å². The molecule has 1 aromatic carbocycles. The van der Waals surface area contributed by atoms with E-state index in [1.807, 2.05) is 18.2 Å². The maximum absolute atomic E-state index is 12.0. The molecule has 1 heterocycles. The lowest BCUT2D eigenvalue weighted by Crippen LogP contribution is -2.42. The van der Waals surface area contributed by atoms with E-state index in [0.29, 0.717) is 6.42 Å². The minimum Gasteiger partial charge on any atom is -0.480 e. The third-order valence-corrected chi connectivity index (χ3v) is 3.96. The zero-order chi connectivity index (χ0) is 15.9. The van der Waals surface area contributed by atoms with Crippen LogP contribution in [0.25, 0.3) is 0 Å². The van der Waals surface area contributed by atoms with E-state index in [4.69, 9.17) is 5.11 Å². The molecule has 1 saturated heterocycles. The summed E-state index contributed by atoms with van der Waals surface area (Å²) in [7, 11) is 0. The lowest BCUT2D eigenvalue weighted by Gasteiger charge is -2.19. The molecule has 1 aromatic rings. The van der Waals surface area contributed by atoms with Gasteiger partial charge in [0.15, 0.2) is 0 Å². The SMILES string of the molecule is O=C(O)[C@@H]1CCC(=O)N1C(=O)CCCCCc1ccccc1. The third-order valence-electron chi connectivity index (χ3n) is 3.96. The molecule has 0 radical (unpaired) electrons. The Balaban J connectivity index is 1.71. The fraction of sp³-hybridized carbons (Fsp3) is 0.471. The fourth-order valence-electron chi connectivity index (χ4n) is 2.78. The second-order valence-corrected chi connectivity index (χ2v) is 5.60. The third kappa shape index (κ3) is 4.16. The summed E-state index contributed by atoms with van der Waals surface area (Å²) < 4.78 is 0. The maximum Gasteiger partial charge on any atom is 0.326 e. The second kappa shape index (κ2) is 7.73. The predicted octanol–water partition coefficient (Wildman–Crippen LogP) is 2.39. The Hall–Kier alpha value is -2.17. The molecule has 2 rings (SSSR count). The highest BCUT2D eigenvalue weighted by molar-refractivity contribution is 6.01. The van der Waals surface area contributed by atoms with Gasteiger partial charge < -0.3 is 5.11 Å². The van der Waals surface area contributed by atoms with E-state index in [0.717, 1.165) is 24.2 Å². The molecule has 0 aromatic heterocycles. The molecule has 22 heavy (non-hydrogen) atoms. The van der Waals surface area contributed by atoms with Gasteiger partial charge >= 0.3 is 5.97 Å². The Bertz CT molecular complexity index is 541. The molecule has 0 aliphatic carbocycles. The number of imide groups is 1. The topological polar surface area (TPSA) is 74.7 Å². The Labute approximate surface area is 129 Å². The maximum atomic E-state index is 12.0.